The van der Waals surface area contributed by atoms with Crippen LogP contribution in [-0.4, -0.2) is 32.6 Å². The lowest BCUT2D eigenvalue weighted by atomic mass is 9.77. The van der Waals surface area contributed by atoms with Gasteiger partial charge in [0.1, 0.15) is 12.4 Å². The molecular weight excluding hydrogens is 206 g/mol. The Hall–Kier alpha value is -0.940. The highest BCUT2D eigenvalue weighted by molar-refractivity contribution is 5.03. The van der Waals surface area contributed by atoms with Crippen molar-refractivity contribution in [1.29, 1.82) is 0 Å². The van der Waals surface area contributed by atoms with Crippen molar-refractivity contribution in [3.8, 4) is 0 Å². The molecule has 1 heterocycles. The van der Waals surface area contributed by atoms with Gasteiger partial charge in [-0.3, -0.25) is 0 Å². The molecule has 0 unspecified atom stereocenters. The maximum atomic E-state index is 9.13. The van der Waals surface area contributed by atoms with Crippen LogP contribution in [0.15, 0.2) is 0 Å². The third-order valence-electron chi connectivity index (χ3n) is 3.54. The van der Waals surface area contributed by atoms with Gasteiger partial charge in [-0.15, -0.1) is 10.2 Å². The van der Waals surface area contributed by atoms with Gasteiger partial charge in [-0.25, -0.2) is 0 Å². The minimum Gasteiger partial charge on any atom is -0.388 e. The molecule has 0 aliphatic heterocycles. The first-order valence-corrected chi connectivity index (χ1v) is 5.81. The third kappa shape index (κ3) is 1.85. The Balaban J connectivity index is 2.17. The van der Waals surface area contributed by atoms with Crippen molar-refractivity contribution in [3.05, 3.63) is 11.6 Å². The van der Waals surface area contributed by atoms with E-state index in [4.69, 9.17) is 9.84 Å². The number of nitrogens with zero attached hydrogens (tertiary/aromatic N) is 3. The lowest BCUT2D eigenvalue weighted by molar-refractivity contribution is -0.0726. The van der Waals surface area contributed by atoms with E-state index in [0.29, 0.717) is 5.82 Å². The van der Waals surface area contributed by atoms with Crippen LogP contribution in [0.4, 0.5) is 0 Å². The summed E-state index contributed by atoms with van der Waals surface area (Å²) in [7, 11) is 1.76. The number of aliphatic hydroxyl groups is 1. The molecule has 1 fully saturated rings. The predicted molar refractivity (Wildman–Crippen MR) is 58.9 cm³/mol. The summed E-state index contributed by atoms with van der Waals surface area (Å²) in [5.41, 5.74) is -0.0350. The molecule has 0 atom stereocenters. The molecule has 0 spiro atoms. The maximum absolute atomic E-state index is 9.13. The van der Waals surface area contributed by atoms with Gasteiger partial charge in [-0.2, -0.15) is 0 Å². The topological polar surface area (TPSA) is 60.2 Å². The van der Waals surface area contributed by atoms with E-state index in [1.165, 1.54) is 6.42 Å². The molecule has 90 valence electrons. The zero-order valence-electron chi connectivity index (χ0n) is 9.94. The SMILES string of the molecule is CCn1c(CO)nnc1CC1(OC)CCC1. The van der Waals surface area contributed by atoms with Gasteiger partial charge in [0, 0.05) is 20.1 Å². The lowest BCUT2D eigenvalue weighted by Crippen LogP contribution is -2.42. The Labute approximate surface area is 95.4 Å². The first-order valence-electron chi connectivity index (χ1n) is 5.81. The second kappa shape index (κ2) is 4.51. The van der Waals surface area contributed by atoms with E-state index >= 15 is 0 Å². The van der Waals surface area contributed by atoms with Crippen LogP contribution in [0, 0.1) is 0 Å². The summed E-state index contributed by atoms with van der Waals surface area (Å²) in [5, 5.41) is 17.3. The van der Waals surface area contributed by atoms with Crippen molar-refractivity contribution in [2.45, 2.75) is 51.4 Å². The zero-order chi connectivity index (χ0) is 11.6. The van der Waals surface area contributed by atoms with Crippen LogP contribution < -0.4 is 0 Å². The third-order valence-corrected chi connectivity index (χ3v) is 3.54. The number of rotatable bonds is 5. The monoisotopic (exact) mass is 225 g/mol. The van der Waals surface area contributed by atoms with Crippen LogP contribution in [0.5, 0.6) is 0 Å². The molecule has 0 radical (unpaired) electrons. The van der Waals surface area contributed by atoms with Gasteiger partial charge in [0.15, 0.2) is 5.82 Å². The predicted octanol–water partition coefficient (Wildman–Crippen LogP) is 0.902. The summed E-state index contributed by atoms with van der Waals surface area (Å²) in [6.45, 7) is 2.77. The molecule has 0 saturated heterocycles. The van der Waals surface area contributed by atoms with Crippen LogP contribution in [-0.2, 0) is 24.3 Å². The van der Waals surface area contributed by atoms with E-state index < -0.39 is 0 Å². The summed E-state index contributed by atoms with van der Waals surface area (Å²) in [6.07, 6.45) is 4.20. The minimum absolute atomic E-state index is 0.0350. The van der Waals surface area contributed by atoms with E-state index in [9.17, 15) is 0 Å². The number of aromatic nitrogens is 3. The van der Waals surface area contributed by atoms with E-state index in [-0.39, 0.29) is 12.2 Å². The molecule has 5 nitrogen and oxygen atoms in total. The van der Waals surface area contributed by atoms with Gasteiger partial charge in [0.2, 0.25) is 0 Å². The first-order chi connectivity index (χ1) is 7.74. The van der Waals surface area contributed by atoms with E-state index in [1.807, 2.05) is 11.5 Å². The molecule has 16 heavy (non-hydrogen) atoms. The van der Waals surface area contributed by atoms with Crippen molar-refractivity contribution in [3.63, 3.8) is 0 Å². The Morgan fingerprint density at radius 2 is 2.06 bits per heavy atom. The molecule has 1 aliphatic carbocycles. The van der Waals surface area contributed by atoms with Crippen molar-refractivity contribution < 1.29 is 9.84 Å². The van der Waals surface area contributed by atoms with Crippen LogP contribution in [0.1, 0.15) is 37.8 Å². The van der Waals surface area contributed by atoms with E-state index in [1.54, 1.807) is 7.11 Å². The fourth-order valence-corrected chi connectivity index (χ4v) is 2.30. The van der Waals surface area contributed by atoms with Crippen molar-refractivity contribution >= 4 is 0 Å². The number of ether oxygens (including phenoxy) is 1. The number of hydrogen-bond donors (Lipinski definition) is 1. The van der Waals surface area contributed by atoms with Crippen molar-refractivity contribution in [2.75, 3.05) is 7.11 Å². The van der Waals surface area contributed by atoms with Gasteiger partial charge in [-0.1, -0.05) is 0 Å². The summed E-state index contributed by atoms with van der Waals surface area (Å²) < 4.78 is 7.55. The Bertz CT molecular complexity index is 353. The molecule has 1 N–H and O–H groups in total. The first kappa shape index (κ1) is 11.5. The molecule has 5 heteroatoms. The molecule has 2 rings (SSSR count). The lowest BCUT2D eigenvalue weighted by Gasteiger charge is -2.40. The second-order valence-corrected chi connectivity index (χ2v) is 4.35. The van der Waals surface area contributed by atoms with Crippen molar-refractivity contribution in [2.24, 2.45) is 0 Å². The summed E-state index contributed by atoms with van der Waals surface area (Å²) in [5.74, 6) is 1.57. The smallest absolute Gasteiger partial charge is 0.158 e. The Kier molecular flexibility index (Phi) is 3.25. The van der Waals surface area contributed by atoms with Gasteiger partial charge in [0.25, 0.3) is 0 Å². The van der Waals surface area contributed by atoms with E-state index in [2.05, 4.69) is 10.2 Å². The largest absolute Gasteiger partial charge is 0.388 e. The molecule has 1 aromatic heterocycles. The van der Waals surface area contributed by atoms with Gasteiger partial charge >= 0.3 is 0 Å². The average Bonchev–Trinajstić information content (AvgIpc) is 2.65. The Morgan fingerprint density at radius 1 is 1.38 bits per heavy atom. The number of hydrogen-bond acceptors (Lipinski definition) is 4. The van der Waals surface area contributed by atoms with Gasteiger partial charge in [0.05, 0.1) is 5.60 Å². The maximum Gasteiger partial charge on any atom is 0.158 e. The minimum atomic E-state index is -0.0547. The van der Waals surface area contributed by atoms with Crippen LogP contribution in [0.25, 0.3) is 0 Å². The molecule has 1 aromatic rings. The summed E-state index contributed by atoms with van der Waals surface area (Å²) in [4.78, 5) is 0. The fourth-order valence-electron chi connectivity index (χ4n) is 2.30. The standard InChI is InChI=1S/C11H19N3O2/c1-3-14-9(12-13-10(14)8-15)7-11(16-2)5-4-6-11/h15H,3-8H2,1-2H3. The highest BCUT2D eigenvalue weighted by atomic mass is 16.5. The molecular formula is C11H19N3O2. The Morgan fingerprint density at radius 3 is 2.50 bits per heavy atom. The number of methoxy groups -OCH3 is 1. The van der Waals surface area contributed by atoms with Crippen molar-refractivity contribution in [1.82, 2.24) is 14.8 Å². The molecule has 1 aliphatic rings. The summed E-state index contributed by atoms with van der Waals surface area (Å²) in [6, 6.07) is 0. The number of aliphatic hydroxyl groups excluding tert-OH is 1. The zero-order valence-corrected chi connectivity index (χ0v) is 9.94. The fraction of sp³-hybridized carbons (Fsp3) is 0.818. The highest BCUT2D eigenvalue weighted by Crippen LogP contribution is 2.37. The normalized spacial score (nSPS) is 18.4. The van der Waals surface area contributed by atoms with Gasteiger partial charge in [-0.05, 0) is 26.2 Å². The average molecular weight is 225 g/mol. The quantitative estimate of drug-likeness (QED) is 0.809. The van der Waals surface area contributed by atoms with Crippen LogP contribution >= 0.6 is 0 Å². The molecule has 0 amide bonds. The van der Waals surface area contributed by atoms with Gasteiger partial charge < -0.3 is 14.4 Å². The van der Waals surface area contributed by atoms with E-state index in [0.717, 1.165) is 31.6 Å². The second-order valence-electron chi connectivity index (χ2n) is 4.35. The van der Waals surface area contributed by atoms with Crippen LogP contribution in [0.2, 0.25) is 0 Å². The molecule has 1 saturated carbocycles. The highest BCUT2D eigenvalue weighted by Gasteiger charge is 2.38. The molecule has 0 bridgehead atoms. The van der Waals surface area contributed by atoms with Crippen LogP contribution in [0.3, 0.4) is 0 Å². The molecule has 0 aromatic carbocycles. The summed E-state index contributed by atoms with van der Waals surface area (Å²) >= 11 is 0.